The maximum atomic E-state index is 14.9. The number of carbonyl (C=O) groups is 2. The number of aliphatic hydroxyl groups is 1. The smallest absolute Gasteiger partial charge is 0.319 e. The molecule has 0 aliphatic heterocycles. The number of amides is 3. The van der Waals surface area contributed by atoms with Crippen molar-refractivity contribution in [1.29, 1.82) is 0 Å². The monoisotopic (exact) mass is 487 g/mol. The second kappa shape index (κ2) is 11.6. The molecule has 3 aromatic rings. The average molecular weight is 488 g/mol. The van der Waals surface area contributed by atoms with E-state index in [-0.39, 0.29) is 30.4 Å². The highest BCUT2D eigenvalue weighted by Crippen LogP contribution is 2.32. The average Bonchev–Trinajstić information content (AvgIpc) is 2.83. The summed E-state index contributed by atoms with van der Waals surface area (Å²) in [5.74, 6) is -2.28. The van der Waals surface area contributed by atoms with E-state index < -0.39 is 17.7 Å². The number of aliphatic hydroxyl groups excluding tert-OH is 1. The Hall–Kier alpha value is -3.49. The number of benzene rings is 3. The molecule has 0 spiro atoms. The molecule has 0 saturated carbocycles. The minimum atomic E-state index is -1.17. The molecule has 0 aromatic heterocycles. The summed E-state index contributed by atoms with van der Waals surface area (Å²) < 4.78 is 29.8. The summed E-state index contributed by atoms with van der Waals surface area (Å²) in [4.78, 5) is 24.8. The van der Waals surface area contributed by atoms with Crippen LogP contribution < -0.4 is 15.5 Å². The number of hydrogen-bond donors (Lipinski definition) is 3. The molecule has 3 N–H and O–H groups in total. The van der Waals surface area contributed by atoms with Crippen LogP contribution in [0.4, 0.5) is 25.0 Å². The van der Waals surface area contributed by atoms with Gasteiger partial charge in [-0.15, -0.1) is 0 Å². The Balaban J connectivity index is 1.65. The van der Waals surface area contributed by atoms with E-state index in [1.165, 1.54) is 12.1 Å². The van der Waals surface area contributed by atoms with Crippen LogP contribution in [0.2, 0.25) is 5.02 Å². The molecule has 3 rings (SSSR count). The van der Waals surface area contributed by atoms with Gasteiger partial charge >= 0.3 is 6.03 Å². The molecule has 1 atom stereocenters. The van der Waals surface area contributed by atoms with Crippen molar-refractivity contribution in [2.75, 3.05) is 16.8 Å². The molecule has 0 saturated heterocycles. The first kappa shape index (κ1) is 25.1. The number of rotatable bonds is 9. The minimum absolute atomic E-state index is 0.00865. The first-order valence-electron chi connectivity index (χ1n) is 10.6. The predicted molar refractivity (Wildman–Crippen MR) is 129 cm³/mol. The summed E-state index contributed by atoms with van der Waals surface area (Å²) in [6.07, 6.45) is 0.711. The molecule has 0 radical (unpaired) electrons. The SMILES string of the molecule is C[C@@H](CCN(C=O)c1ccc(-c2ccccc2CO)c(F)c1F)NC(=O)Nc1ccc(Cl)cc1. The van der Waals surface area contributed by atoms with Crippen LogP contribution in [0.5, 0.6) is 0 Å². The quantitative estimate of drug-likeness (QED) is 0.356. The number of hydrogen-bond acceptors (Lipinski definition) is 3. The standard InChI is InChI=1S/C25H24ClF2N3O3/c1-16(29-25(34)30-19-8-6-18(26)7-9-19)12-13-31(15-33)22-11-10-21(23(27)24(22)28)20-5-3-2-4-17(20)14-32/h2-11,15-16,32H,12-14H2,1H3,(H2,29,30,34)/t16-/m0/s1. The van der Waals surface area contributed by atoms with E-state index in [2.05, 4.69) is 10.6 Å². The van der Waals surface area contributed by atoms with Gasteiger partial charge in [-0.05, 0) is 60.9 Å². The van der Waals surface area contributed by atoms with E-state index in [0.717, 1.165) is 4.90 Å². The normalized spacial score (nSPS) is 11.6. The van der Waals surface area contributed by atoms with E-state index in [4.69, 9.17) is 11.6 Å². The topological polar surface area (TPSA) is 81.7 Å². The third kappa shape index (κ3) is 6.09. The summed E-state index contributed by atoms with van der Waals surface area (Å²) in [6, 6.07) is 15.0. The van der Waals surface area contributed by atoms with Crippen molar-refractivity contribution >= 4 is 35.4 Å². The van der Waals surface area contributed by atoms with Gasteiger partial charge in [0.25, 0.3) is 0 Å². The van der Waals surface area contributed by atoms with Gasteiger partial charge in [-0.2, -0.15) is 0 Å². The molecule has 3 aromatic carbocycles. The Kier molecular flexibility index (Phi) is 8.56. The van der Waals surface area contributed by atoms with Crippen molar-refractivity contribution in [3.05, 3.63) is 82.9 Å². The Morgan fingerprint density at radius 2 is 1.76 bits per heavy atom. The van der Waals surface area contributed by atoms with Crippen molar-refractivity contribution in [2.24, 2.45) is 0 Å². The van der Waals surface area contributed by atoms with Gasteiger partial charge in [-0.3, -0.25) is 4.79 Å². The summed E-state index contributed by atoms with van der Waals surface area (Å²) in [6.45, 7) is 1.46. The van der Waals surface area contributed by atoms with Crippen LogP contribution in [0.25, 0.3) is 11.1 Å². The lowest BCUT2D eigenvalue weighted by Gasteiger charge is -2.22. The second-order valence-electron chi connectivity index (χ2n) is 7.67. The van der Waals surface area contributed by atoms with Crippen molar-refractivity contribution in [3.63, 3.8) is 0 Å². The zero-order chi connectivity index (χ0) is 24.7. The summed E-state index contributed by atoms with van der Waals surface area (Å²) in [5, 5.41) is 15.4. The van der Waals surface area contributed by atoms with Gasteiger partial charge < -0.3 is 20.6 Å². The Morgan fingerprint density at radius 1 is 1.06 bits per heavy atom. The van der Waals surface area contributed by atoms with Gasteiger partial charge in [0.05, 0.1) is 12.3 Å². The molecule has 9 heteroatoms. The van der Waals surface area contributed by atoms with E-state index in [1.807, 2.05) is 0 Å². The predicted octanol–water partition coefficient (Wildman–Crippen LogP) is 5.34. The maximum absolute atomic E-state index is 14.9. The molecule has 0 aliphatic carbocycles. The van der Waals surface area contributed by atoms with Crippen LogP contribution in [0.15, 0.2) is 60.7 Å². The Bertz CT molecular complexity index is 1160. The summed E-state index contributed by atoms with van der Waals surface area (Å²) >= 11 is 5.82. The Labute approximate surface area is 201 Å². The van der Waals surface area contributed by atoms with E-state index in [9.17, 15) is 23.5 Å². The fourth-order valence-electron chi connectivity index (χ4n) is 3.45. The molecular formula is C25H24ClF2N3O3. The molecule has 0 heterocycles. The van der Waals surface area contributed by atoms with Crippen molar-refractivity contribution < 1.29 is 23.5 Å². The van der Waals surface area contributed by atoms with Crippen LogP contribution in [0.1, 0.15) is 18.9 Å². The summed E-state index contributed by atoms with van der Waals surface area (Å²) in [5.41, 5.74) is 1.16. The fraction of sp³-hybridized carbons (Fsp3) is 0.200. The van der Waals surface area contributed by atoms with Crippen LogP contribution in [-0.4, -0.2) is 30.1 Å². The lowest BCUT2D eigenvalue weighted by atomic mass is 9.99. The van der Waals surface area contributed by atoms with Gasteiger partial charge in [0.15, 0.2) is 11.6 Å². The maximum Gasteiger partial charge on any atom is 0.319 e. The van der Waals surface area contributed by atoms with Gasteiger partial charge in [0.1, 0.15) is 0 Å². The van der Waals surface area contributed by atoms with Crippen LogP contribution in [0.3, 0.4) is 0 Å². The number of carbonyl (C=O) groups excluding carboxylic acids is 2. The minimum Gasteiger partial charge on any atom is -0.392 e. The highest BCUT2D eigenvalue weighted by atomic mass is 35.5. The zero-order valence-corrected chi connectivity index (χ0v) is 19.2. The van der Waals surface area contributed by atoms with Gasteiger partial charge in [0, 0.05) is 28.9 Å². The third-order valence-electron chi connectivity index (χ3n) is 5.26. The Morgan fingerprint density at radius 3 is 2.44 bits per heavy atom. The number of nitrogens with zero attached hydrogens (tertiary/aromatic N) is 1. The zero-order valence-electron chi connectivity index (χ0n) is 18.4. The molecule has 0 fully saturated rings. The van der Waals surface area contributed by atoms with E-state index >= 15 is 0 Å². The van der Waals surface area contributed by atoms with Crippen molar-refractivity contribution in [2.45, 2.75) is 26.0 Å². The molecule has 34 heavy (non-hydrogen) atoms. The van der Waals surface area contributed by atoms with E-state index in [0.29, 0.717) is 34.7 Å². The molecular weight excluding hydrogens is 464 g/mol. The molecule has 0 bridgehead atoms. The van der Waals surface area contributed by atoms with Crippen LogP contribution >= 0.6 is 11.6 Å². The number of halogens is 3. The molecule has 0 unspecified atom stereocenters. The van der Waals surface area contributed by atoms with Gasteiger partial charge in [-0.25, -0.2) is 13.6 Å². The number of urea groups is 1. The number of anilines is 2. The largest absolute Gasteiger partial charge is 0.392 e. The lowest BCUT2D eigenvalue weighted by molar-refractivity contribution is -0.107. The van der Waals surface area contributed by atoms with Crippen LogP contribution in [-0.2, 0) is 11.4 Å². The highest BCUT2D eigenvalue weighted by Gasteiger charge is 2.20. The summed E-state index contributed by atoms with van der Waals surface area (Å²) in [7, 11) is 0. The highest BCUT2D eigenvalue weighted by molar-refractivity contribution is 6.30. The molecule has 3 amide bonds. The molecule has 178 valence electrons. The van der Waals surface area contributed by atoms with Crippen molar-refractivity contribution in [3.8, 4) is 11.1 Å². The van der Waals surface area contributed by atoms with Gasteiger partial charge in [-0.1, -0.05) is 35.9 Å². The molecule has 6 nitrogen and oxygen atoms in total. The van der Waals surface area contributed by atoms with E-state index in [1.54, 1.807) is 55.5 Å². The lowest BCUT2D eigenvalue weighted by Crippen LogP contribution is -2.38. The second-order valence-corrected chi connectivity index (χ2v) is 8.11. The molecule has 0 aliphatic rings. The van der Waals surface area contributed by atoms with Crippen molar-refractivity contribution in [1.82, 2.24) is 5.32 Å². The third-order valence-corrected chi connectivity index (χ3v) is 5.51. The van der Waals surface area contributed by atoms with Crippen LogP contribution in [0, 0.1) is 11.6 Å². The fourth-order valence-corrected chi connectivity index (χ4v) is 3.58. The van der Waals surface area contributed by atoms with Gasteiger partial charge in [0.2, 0.25) is 6.41 Å². The number of nitrogens with one attached hydrogen (secondary N) is 2. The first-order valence-corrected chi connectivity index (χ1v) is 10.9. The first-order chi connectivity index (χ1) is 16.3.